The van der Waals surface area contributed by atoms with E-state index in [1.54, 1.807) is 7.11 Å². The molecule has 1 aromatic rings. The summed E-state index contributed by atoms with van der Waals surface area (Å²) in [5, 5.41) is 0. The lowest BCUT2D eigenvalue weighted by Crippen LogP contribution is -2.37. The second kappa shape index (κ2) is 5.79. The van der Waals surface area contributed by atoms with E-state index in [1.807, 2.05) is 30.1 Å². The van der Waals surface area contributed by atoms with Crippen LogP contribution >= 0.6 is 12.4 Å². The molecule has 1 aliphatic rings. The van der Waals surface area contributed by atoms with Crippen LogP contribution in [0.4, 0.5) is 5.69 Å². The van der Waals surface area contributed by atoms with Gasteiger partial charge in [-0.1, -0.05) is 0 Å². The van der Waals surface area contributed by atoms with Gasteiger partial charge in [0.1, 0.15) is 11.8 Å². The van der Waals surface area contributed by atoms with Gasteiger partial charge in [0, 0.05) is 19.2 Å². The molecule has 0 radical (unpaired) electrons. The third kappa shape index (κ3) is 2.90. The predicted molar refractivity (Wildman–Crippen MR) is 77.0 cm³/mol. The molecule has 1 amide bonds. The summed E-state index contributed by atoms with van der Waals surface area (Å²) in [6.45, 7) is 0. The molecule has 2 rings (SSSR count). The molecule has 0 spiro atoms. The Kier molecular flexibility index (Phi) is 4.61. The highest BCUT2D eigenvalue weighted by Crippen LogP contribution is 2.33. The van der Waals surface area contributed by atoms with Gasteiger partial charge in [-0.25, -0.2) is 0 Å². The van der Waals surface area contributed by atoms with E-state index in [4.69, 9.17) is 16.2 Å². The number of methoxy groups -OCH3 is 1. The molecule has 1 heterocycles. The third-order valence-corrected chi connectivity index (χ3v) is 3.07. The van der Waals surface area contributed by atoms with Crippen molar-refractivity contribution in [3.8, 4) is 5.75 Å². The molecule has 6 nitrogen and oxygen atoms in total. The van der Waals surface area contributed by atoms with Crippen molar-refractivity contribution in [3.05, 3.63) is 23.8 Å². The van der Waals surface area contributed by atoms with Crippen molar-refractivity contribution in [1.29, 1.82) is 0 Å². The monoisotopic (exact) mass is 284 g/mol. The van der Waals surface area contributed by atoms with Gasteiger partial charge in [0.15, 0.2) is 5.96 Å². The van der Waals surface area contributed by atoms with Crippen molar-refractivity contribution >= 4 is 30.0 Å². The number of ether oxygens (including phenoxy) is 1. The van der Waals surface area contributed by atoms with Gasteiger partial charge >= 0.3 is 0 Å². The van der Waals surface area contributed by atoms with Crippen LogP contribution in [-0.2, 0) is 11.2 Å². The van der Waals surface area contributed by atoms with Gasteiger partial charge in [0.25, 0.3) is 5.91 Å². The van der Waals surface area contributed by atoms with Crippen LogP contribution in [0.1, 0.15) is 5.56 Å². The summed E-state index contributed by atoms with van der Waals surface area (Å²) < 4.78 is 5.16. The van der Waals surface area contributed by atoms with Crippen LogP contribution < -0.4 is 21.1 Å². The van der Waals surface area contributed by atoms with Crippen molar-refractivity contribution in [2.45, 2.75) is 12.5 Å². The van der Waals surface area contributed by atoms with Crippen LogP contribution in [0.2, 0.25) is 0 Å². The summed E-state index contributed by atoms with van der Waals surface area (Å²) in [5.74, 6) is 0.242. The zero-order chi connectivity index (χ0) is 13.3. The topological polar surface area (TPSA) is 93.9 Å². The summed E-state index contributed by atoms with van der Waals surface area (Å²) in [6.07, 6.45) is 0.582. The van der Waals surface area contributed by atoms with E-state index in [9.17, 15) is 4.79 Å². The molecule has 1 unspecified atom stereocenters. The normalized spacial score (nSPS) is 16.3. The van der Waals surface area contributed by atoms with E-state index in [0.717, 1.165) is 17.0 Å². The maximum absolute atomic E-state index is 11.9. The first-order valence-electron chi connectivity index (χ1n) is 5.56. The molecule has 104 valence electrons. The first-order chi connectivity index (χ1) is 8.52. The second-order valence-electron chi connectivity index (χ2n) is 4.20. The highest BCUT2D eigenvalue weighted by molar-refractivity contribution is 5.97. The molecule has 0 bridgehead atoms. The smallest absolute Gasteiger partial charge is 0.271 e. The number of carbonyl (C=O) groups excluding carboxylic acids is 1. The number of carbonyl (C=O) groups is 1. The minimum absolute atomic E-state index is 0. The van der Waals surface area contributed by atoms with E-state index in [1.165, 1.54) is 0 Å². The number of likely N-dealkylation sites (N-methyl/N-ethyl adjacent to an activating group) is 1. The Balaban J connectivity index is 0.00000180. The Morgan fingerprint density at radius 3 is 2.74 bits per heavy atom. The van der Waals surface area contributed by atoms with E-state index >= 15 is 0 Å². The van der Waals surface area contributed by atoms with Crippen molar-refractivity contribution < 1.29 is 9.53 Å². The van der Waals surface area contributed by atoms with Gasteiger partial charge in [0.05, 0.1) is 7.11 Å². The summed E-state index contributed by atoms with van der Waals surface area (Å²) >= 11 is 0. The maximum atomic E-state index is 11.9. The largest absolute Gasteiger partial charge is 0.497 e. The van der Waals surface area contributed by atoms with Crippen LogP contribution in [0.25, 0.3) is 0 Å². The van der Waals surface area contributed by atoms with E-state index < -0.39 is 0 Å². The number of nitrogens with two attached hydrogens (primary N) is 2. The minimum Gasteiger partial charge on any atom is -0.497 e. The molecule has 0 saturated heterocycles. The van der Waals surface area contributed by atoms with Crippen molar-refractivity contribution in [2.75, 3.05) is 19.1 Å². The molecule has 4 N–H and O–H groups in total. The highest BCUT2D eigenvalue weighted by atomic mass is 35.5. The summed E-state index contributed by atoms with van der Waals surface area (Å²) in [7, 11) is 3.46. The summed E-state index contributed by atoms with van der Waals surface area (Å²) in [5.41, 5.74) is 12.5. The van der Waals surface area contributed by atoms with E-state index in [-0.39, 0.29) is 30.3 Å². The van der Waals surface area contributed by atoms with Crippen LogP contribution in [0.15, 0.2) is 23.2 Å². The molecule has 19 heavy (non-hydrogen) atoms. The third-order valence-electron chi connectivity index (χ3n) is 3.07. The van der Waals surface area contributed by atoms with Crippen molar-refractivity contribution in [1.82, 2.24) is 0 Å². The number of rotatable bonds is 2. The average Bonchev–Trinajstić information content (AvgIpc) is 2.65. The zero-order valence-corrected chi connectivity index (χ0v) is 11.6. The standard InChI is InChI=1S/C12H16N4O2.ClH/c1-16-9-4-3-8(18-2)5-7(9)6-10(16)11(17)15-12(13)14;/h3-5,10H,6H2,1-2H3,(H4,13,14,15,17);1H. The lowest BCUT2D eigenvalue weighted by molar-refractivity contribution is -0.118. The fourth-order valence-corrected chi connectivity index (χ4v) is 2.16. The summed E-state index contributed by atoms with van der Waals surface area (Å²) in [4.78, 5) is 17.3. The SMILES string of the molecule is COc1ccc2c(c1)CC(C(=O)N=C(N)N)N2C.Cl. The first-order valence-corrected chi connectivity index (χ1v) is 5.56. The van der Waals surface area contributed by atoms with Crippen LogP contribution in [0, 0.1) is 0 Å². The molecule has 0 aliphatic carbocycles. The Bertz CT molecular complexity index is 514. The van der Waals surface area contributed by atoms with E-state index in [0.29, 0.717) is 6.42 Å². The number of hydrogen-bond acceptors (Lipinski definition) is 3. The minimum atomic E-state index is -0.353. The number of nitrogens with zero attached hydrogens (tertiary/aromatic N) is 2. The highest BCUT2D eigenvalue weighted by Gasteiger charge is 2.32. The molecule has 0 fully saturated rings. The number of hydrogen-bond donors (Lipinski definition) is 2. The van der Waals surface area contributed by atoms with Gasteiger partial charge in [0.2, 0.25) is 0 Å². The molecule has 0 saturated carbocycles. The van der Waals surface area contributed by atoms with E-state index in [2.05, 4.69) is 4.99 Å². The predicted octanol–water partition coefficient (Wildman–Crippen LogP) is 0.278. The van der Waals surface area contributed by atoms with Gasteiger partial charge < -0.3 is 21.1 Å². The number of aliphatic imine (C=N–C) groups is 1. The first kappa shape index (κ1) is 15.1. The lowest BCUT2D eigenvalue weighted by atomic mass is 10.1. The maximum Gasteiger partial charge on any atom is 0.271 e. The van der Waals surface area contributed by atoms with Gasteiger partial charge in [-0.05, 0) is 23.8 Å². The second-order valence-corrected chi connectivity index (χ2v) is 4.20. The van der Waals surface area contributed by atoms with Gasteiger partial charge in [-0.2, -0.15) is 4.99 Å². The molecular weight excluding hydrogens is 268 g/mol. The Hall–Kier alpha value is -1.95. The lowest BCUT2D eigenvalue weighted by Gasteiger charge is -2.19. The zero-order valence-electron chi connectivity index (χ0n) is 10.8. The average molecular weight is 285 g/mol. The number of benzene rings is 1. The Labute approximate surface area is 117 Å². The van der Waals surface area contributed by atoms with Gasteiger partial charge in [-0.15, -0.1) is 12.4 Å². The molecule has 7 heteroatoms. The Morgan fingerprint density at radius 1 is 1.47 bits per heavy atom. The number of guanidine groups is 1. The van der Waals surface area contributed by atoms with Crippen LogP contribution in [-0.4, -0.2) is 32.1 Å². The molecule has 0 aromatic heterocycles. The number of amides is 1. The van der Waals surface area contributed by atoms with Crippen molar-refractivity contribution in [2.24, 2.45) is 16.5 Å². The quantitative estimate of drug-likeness (QED) is 0.601. The molecule has 1 atom stereocenters. The van der Waals surface area contributed by atoms with Crippen LogP contribution in [0.3, 0.4) is 0 Å². The molecular formula is C12H17ClN4O2. The van der Waals surface area contributed by atoms with Gasteiger partial charge in [-0.3, -0.25) is 4.79 Å². The Morgan fingerprint density at radius 2 is 2.16 bits per heavy atom. The fourth-order valence-electron chi connectivity index (χ4n) is 2.16. The number of anilines is 1. The molecule has 1 aliphatic heterocycles. The molecule has 1 aromatic carbocycles. The summed E-state index contributed by atoms with van der Waals surface area (Å²) in [6, 6.07) is 5.36. The number of fused-ring (bicyclic) bond motifs is 1. The van der Waals surface area contributed by atoms with Crippen molar-refractivity contribution in [3.63, 3.8) is 0 Å². The fraction of sp³-hybridized carbons (Fsp3) is 0.333. The number of halogens is 1. The van der Waals surface area contributed by atoms with Crippen LogP contribution in [0.5, 0.6) is 5.75 Å².